The first-order valence-corrected chi connectivity index (χ1v) is 11.8. The molecule has 0 radical (unpaired) electrons. The summed E-state index contributed by atoms with van der Waals surface area (Å²) in [6.07, 6.45) is 4.68. The molecule has 1 fully saturated rings. The number of aryl methyl sites for hydroxylation is 1. The van der Waals surface area contributed by atoms with E-state index in [9.17, 15) is 13.2 Å². The third-order valence-corrected chi connectivity index (χ3v) is 7.25. The molecule has 1 N–H and O–H groups in total. The number of pyridine rings is 1. The number of rotatable bonds is 6. The predicted octanol–water partition coefficient (Wildman–Crippen LogP) is 2.68. The first-order valence-electron chi connectivity index (χ1n) is 9.82. The highest BCUT2D eigenvalue weighted by Gasteiger charge is 2.28. The van der Waals surface area contributed by atoms with Crippen LogP contribution in [0.1, 0.15) is 35.4 Å². The first-order chi connectivity index (χ1) is 14.5. The number of aromatic nitrogens is 3. The molecular weight excluding hydrogens is 426 g/mol. The number of carbonyl (C=O) groups excluding carboxylic acids is 1. The van der Waals surface area contributed by atoms with Crippen molar-refractivity contribution in [2.75, 3.05) is 23.1 Å². The summed E-state index contributed by atoms with van der Waals surface area (Å²) >= 11 is 6.24. The Balaban J connectivity index is 1.39. The second kappa shape index (κ2) is 8.61. The summed E-state index contributed by atoms with van der Waals surface area (Å²) in [6.45, 7) is 0.833. The van der Waals surface area contributed by atoms with Gasteiger partial charge in [0.05, 0.1) is 16.5 Å². The summed E-state index contributed by atoms with van der Waals surface area (Å²) in [7, 11) is -3.40. The second-order valence-electron chi connectivity index (χ2n) is 7.17. The summed E-state index contributed by atoms with van der Waals surface area (Å²) in [6, 6.07) is 10.4. The summed E-state index contributed by atoms with van der Waals surface area (Å²) in [4.78, 5) is 12.6. The number of benzene rings is 1. The third kappa shape index (κ3) is 4.27. The Labute approximate surface area is 179 Å². The van der Waals surface area contributed by atoms with E-state index in [0.29, 0.717) is 48.6 Å². The van der Waals surface area contributed by atoms with Crippen molar-refractivity contribution in [1.82, 2.24) is 19.9 Å². The lowest BCUT2D eigenvalue weighted by atomic mass is 10.1. The summed E-state index contributed by atoms with van der Waals surface area (Å²) in [5.74, 6) is 0.661. The smallest absolute Gasteiger partial charge is 0.251 e. The topological polar surface area (TPSA) is 96.7 Å². The van der Waals surface area contributed by atoms with Crippen LogP contribution in [0.2, 0.25) is 5.02 Å². The fraction of sp³-hybridized carbons (Fsp3) is 0.350. The molecule has 1 aliphatic heterocycles. The molecule has 2 aromatic heterocycles. The molecule has 3 heterocycles. The molecule has 0 unspecified atom stereocenters. The molecule has 1 amide bonds. The number of amides is 1. The van der Waals surface area contributed by atoms with Gasteiger partial charge in [-0.15, -0.1) is 10.2 Å². The van der Waals surface area contributed by atoms with E-state index in [4.69, 9.17) is 11.6 Å². The Morgan fingerprint density at radius 1 is 1.17 bits per heavy atom. The van der Waals surface area contributed by atoms with Crippen molar-refractivity contribution in [3.05, 3.63) is 59.0 Å². The maximum Gasteiger partial charge on any atom is 0.251 e. The van der Waals surface area contributed by atoms with Crippen LogP contribution in [0, 0.1) is 0 Å². The number of carbonyl (C=O) groups is 1. The van der Waals surface area contributed by atoms with E-state index in [1.54, 1.807) is 18.2 Å². The van der Waals surface area contributed by atoms with Gasteiger partial charge in [-0.25, -0.2) is 8.42 Å². The van der Waals surface area contributed by atoms with Crippen LogP contribution in [0.3, 0.4) is 0 Å². The fourth-order valence-electron chi connectivity index (χ4n) is 3.52. The van der Waals surface area contributed by atoms with Crippen molar-refractivity contribution in [2.24, 2.45) is 0 Å². The molecule has 1 aliphatic rings. The van der Waals surface area contributed by atoms with E-state index in [2.05, 4.69) is 15.5 Å². The zero-order valence-electron chi connectivity index (χ0n) is 16.3. The van der Waals surface area contributed by atoms with E-state index in [1.165, 1.54) is 4.31 Å². The molecule has 1 aromatic carbocycles. The Hall–Kier alpha value is -2.65. The van der Waals surface area contributed by atoms with Gasteiger partial charge in [-0.05, 0) is 49.6 Å². The van der Waals surface area contributed by atoms with Gasteiger partial charge in [-0.3, -0.25) is 13.5 Å². The number of halogens is 1. The number of hydrogen-bond acceptors (Lipinski definition) is 5. The standard InChI is InChI=1S/C20H22ClN5O3S/c21-16-9-8-15(14-17(16)26-12-3-4-13-30(26,28)29)20(27)22-10-5-7-19-24-23-18-6-1-2-11-25(18)19/h1-2,6,8-9,11,14H,3-5,7,10,12-13H2,(H,22,27). The third-order valence-electron chi connectivity index (χ3n) is 5.07. The van der Waals surface area contributed by atoms with Crippen molar-refractivity contribution in [2.45, 2.75) is 25.7 Å². The molecule has 158 valence electrons. The minimum Gasteiger partial charge on any atom is -0.352 e. The van der Waals surface area contributed by atoms with Gasteiger partial charge in [0, 0.05) is 31.3 Å². The van der Waals surface area contributed by atoms with E-state index in [1.807, 2.05) is 28.8 Å². The van der Waals surface area contributed by atoms with Gasteiger partial charge < -0.3 is 5.32 Å². The molecule has 0 atom stereocenters. The summed E-state index contributed by atoms with van der Waals surface area (Å²) in [5.41, 5.74) is 1.53. The lowest BCUT2D eigenvalue weighted by Crippen LogP contribution is -2.38. The highest BCUT2D eigenvalue weighted by Crippen LogP contribution is 2.31. The van der Waals surface area contributed by atoms with Gasteiger partial charge in [0.25, 0.3) is 5.91 Å². The van der Waals surface area contributed by atoms with Crippen LogP contribution in [0.15, 0.2) is 42.6 Å². The van der Waals surface area contributed by atoms with E-state index >= 15 is 0 Å². The van der Waals surface area contributed by atoms with Gasteiger partial charge >= 0.3 is 0 Å². The van der Waals surface area contributed by atoms with Crippen molar-refractivity contribution < 1.29 is 13.2 Å². The fourth-order valence-corrected chi connectivity index (χ4v) is 5.43. The number of nitrogens with one attached hydrogen (secondary N) is 1. The SMILES string of the molecule is O=C(NCCCc1nnc2ccccn12)c1ccc(Cl)c(N2CCCCS2(=O)=O)c1. The van der Waals surface area contributed by atoms with E-state index in [-0.39, 0.29) is 11.7 Å². The molecule has 0 aliphatic carbocycles. The summed E-state index contributed by atoms with van der Waals surface area (Å²) in [5, 5.41) is 11.5. The normalized spacial score (nSPS) is 16.0. The van der Waals surface area contributed by atoms with Crippen molar-refractivity contribution in [3.8, 4) is 0 Å². The minimum absolute atomic E-state index is 0.0943. The van der Waals surface area contributed by atoms with Crippen molar-refractivity contribution in [3.63, 3.8) is 0 Å². The molecule has 3 aromatic rings. The molecular formula is C20H22ClN5O3S. The first kappa shape index (κ1) is 20.6. The minimum atomic E-state index is -3.40. The molecule has 1 saturated heterocycles. The Kier molecular flexibility index (Phi) is 5.92. The maximum absolute atomic E-state index is 12.6. The highest BCUT2D eigenvalue weighted by atomic mass is 35.5. The lowest BCUT2D eigenvalue weighted by Gasteiger charge is -2.29. The molecule has 0 saturated carbocycles. The van der Waals surface area contributed by atoms with Crippen LogP contribution in [0.25, 0.3) is 5.65 Å². The quantitative estimate of drug-likeness (QED) is 0.586. The zero-order valence-corrected chi connectivity index (χ0v) is 17.9. The van der Waals surface area contributed by atoms with Crippen LogP contribution in [-0.4, -0.2) is 47.8 Å². The van der Waals surface area contributed by atoms with Crippen LogP contribution >= 0.6 is 11.6 Å². The van der Waals surface area contributed by atoms with Gasteiger partial charge in [-0.1, -0.05) is 17.7 Å². The molecule has 0 spiro atoms. The van der Waals surface area contributed by atoms with Crippen molar-refractivity contribution >= 4 is 38.9 Å². The number of nitrogens with zero attached hydrogens (tertiary/aromatic N) is 4. The Morgan fingerprint density at radius 2 is 2.03 bits per heavy atom. The number of hydrogen-bond donors (Lipinski definition) is 1. The van der Waals surface area contributed by atoms with Gasteiger partial charge in [0.15, 0.2) is 5.65 Å². The largest absolute Gasteiger partial charge is 0.352 e. The number of sulfonamides is 1. The Bertz CT molecular complexity index is 1180. The van der Waals surface area contributed by atoms with E-state index < -0.39 is 10.0 Å². The number of fused-ring (bicyclic) bond motifs is 1. The van der Waals surface area contributed by atoms with Crippen molar-refractivity contribution in [1.29, 1.82) is 0 Å². The highest BCUT2D eigenvalue weighted by molar-refractivity contribution is 7.92. The van der Waals surface area contributed by atoms with Crippen LogP contribution < -0.4 is 9.62 Å². The van der Waals surface area contributed by atoms with Crippen LogP contribution in [0.5, 0.6) is 0 Å². The predicted molar refractivity (Wildman–Crippen MR) is 115 cm³/mol. The van der Waals surface area contributed by atoms with Crippen LogP contribution in [0.4, 0.5) is 5.69 Å². The monoisotopic (exact) mass is 447 g/mol. The van der Waals surface area contributed by atoms with E-state index in [0.717, 1.165) is 17.9 Å². The van der Waals surface area contributed by atoms with Crippen LogP contribution in [-0.2, 0) is 16.4 Å². The second-order valence-corrected chi connectivity index (χ2v) is 9.59. The molecule has 0 bridgehead atoms. The maximum atomic E-state index is 12.6. The summed E-state index contributed by atoms with van der Waals surface area (Å²) < 4.78 is 28.0. The zero-order chi connectivity index (χ0) is 21.1. The van der Waals surface area contributed by atoms with Gasteiger partial charge in [0.1, 0.15) is 5.82 Å². The lowest BCUT2D eigenvalue weighted by molar-refractivity contribution is 0.0953. The average Bonchev–Trinajstić information content (AvgIpc) is 3.14. The molecule has 8 nitrogen and oxygen atoms in total. The van der Waals surface area contributed by atoms with Gasteiger partial charge in [0.2, 0.25) is 10.0 Å². The molecule has 10 heteroatoms. The number of anilines is 1. The average molecular weight is 448 g/mol. The van der Waals surface area contributed by atoms with Gasteiger partial charge in [-0.2, -0.15) is 0 Å². The Morgan fingerprint density at radius 3 is 2.87 bits per heavy atom. The molecule has 30 heavy (non-hydrogen) atoms. The molecule has 4 rings (SSSR count).